The fourth-order valence-electron chi connectivity index (χ4n) is 2.15. The van der Waals surface area contributed by atoms with E-state index in [1.54, 1.807) is 0 Å². The van der Waals surface area contributed by atoms with Crippen LogP contribution in [0, 0.1) is 5.92 Å². The van der Waals surface area contributed by atoms with E-state index in [4.69, 9.17) is 0 Å². The number of alkyl halides is 6. The van der Waals surface area contributed by atoms with Gasteiger partial charge in [-0.2, -0.15) is 26.3 Å². The van der Waals surface area contributed by atoms with E-state index in [1.165, 1.54) is 0 Å². The van der Waals surface area contributed by atoms with Gasteiger partial charge in [0.2, 0.25) is 0 Å². The quantitative estimate of drug-likeness (QED) is 0.786. The first-order valence-electron chi connectivity index (χ1n) is 5.96. The third-order valence-electron chi connectivity index (χ3n) is 3.08. The van der Waals surface area contributed by atoms with E-state index < -0.39 is 41.9 Å². The van der Waals surface area contributed by atoms with Gasteiger partial charge < -0.3 is 4.90 Å². The van der Waals surface area contributed by atoms with Crippen LogP contribution in [0.25, 0.3) is 0 Å². The number of aromatic nitrogens is 1. The van der Waals surface area contributed by atoms with Gasteiger partial charge in [-0.1, -0.05) is 0 Å². The molecule has 1 aromatic heterocycles. The maximum absolute atomic E-state index is 12.7. The van der Waals surface area contributed by atoms with Crippen LogP contribution in [0.5, 0.6) is 0 Å². The zero-order valence-corrected chi connectivity index (χ0v) is 10.5. The van der Waals surface area contributed by atoms with Crippen LogP contribution >= 0.6 is 0 Å². The number of halogens is 6. The Labute approximate surface area is 115 Å². The van der Waals surface area contributed by atoms with Gasteiger partial charge in [-0.05, 0) is 12.1 Å². The number of pyridine rings is 1. The van der Waals surface area contributed by atoms with E-state index in [2.05, 4.69) is 4.98 Å². The zero-order chi connectivity index (χ0) is 15.8. The van der Waals surface area contributed by atoms with Crippen molar-refractivity contribution in [3.05, 3.63) is 29.6 Å². The normalized spacial score (nSPS) is 16.8. The molecule has 1 aliphatic heterocycles. The second kappa shape index (κ2) is 5.19. The van der Waals surface area contributed by atoms with Gasteiger partial charge in [-0.15, -0.1) is 0 Å². The van der Waals surface area contributed by atoms with E-state index in [-0.39, 0.29) is 13.1 Å². The Morgan fingerprint density at radius 1 is 1.24 bits per heavy atom. The highest BCUT2D eigenvalue weighted by molar-refractivity contribution is 5.94. The van der Waals surface area contributed by atoms with Gasteiger partial charge in [0, 0.05) is 31.6 Å². The van der Waals surface area contributed by atoms with Crippen molar-refractivity contribution in [3.8, 4) is 0 Å². The number of carbonyl (C=O) groups is 1. The monoisotopic (exact) mass is 312 g/mol. The van der Waals surface area contributed by atoms with Crippen LogP contribution in [-0.2, 0) is 6.18 Å². The van der Waals surface area contributed by atoms with Crippen molar-refractivity contribution in [2.75, 3.05) is 13.1 Å². The van der Waals surface area contributed by atoms with E-state index in [1.807, 2.05) is 0 Å². The maximum atomic E-state index is 12.7. The molecule has 0 saturated carbocycles. The largest absolute Gasteiger partial charge is 0.418 e. The highest BCUT2D eigenvalue weighted by atomic mass is 19.4. The molecule has 1 fully saturated rings. The number of hydrogen-bond acceptors (Lipinski definition) is 2. The number of hydrogen-bond donors (Lipinski definition) is 0. The molecule has 1 aromatic rings. The van der Waals surface area contributed by atoms with E-state index >= 15 is 0 Å². The Morgan fingerprint density at radius 2 is 1.86 bits per heavy atom. The Hall–Kier alpha value is -1.80. The third-order valence-corrected chi connectivity index (χ3v) is 3.08. The van der Waals surface area contributed by atoms with Gasteiger partial charge in [-0.25, -0.2) is 0 Å². The van der Waals surface area contributed by atoms with Crippen LogP contribution in [0.4, 0.5) is 26.3 Å². The third kappa shape index (κ3) is 3.64. The van der Waals surface area contributed by atoms with E-state index in [9.17, 15) is 31.1 Å². The molecule has 21 heavy (non-hydrogen) atoms. The summed E-state index contributed by atoms with van der Waals surface area (Å²) in [4.78, 5) is 16.2. The molecule has 3 nitrogen and oxygen atoms in total. The van der Waals surface area contributed by atoms with Crippen molar-refractivity contribution in [3.63, 3.8) is 0 Å². The molecule has 2 heterocycles. The van der Waals surface area contributed by atoms with Crippen molar-refractivity contribution in [2.24, 2.45) is 5.92 Å². The van der Waals surface area contributed by atoms with Crippen molar-refractivity contribution >= 4 is 5.91 Å². The molecule has 0 aromatic carbocycles. The summed E-state index contributed by atoms with van der Waals surface area (Å²) in [5.74, 6) is -1.77. The lowest BCUT2D eigenvalue weighted by molar-refractivity contribution is -0.153. The molecule has 1 aliphatic rings. The van der Waals surface area contributed by atoms with Crippen LogP contribution < -0.4 is 0 Å². The molecule has 1 amide bonds. The van der Waals surface area contributed by atoms with Gasteiger partial charge in [0.25, 0.3) is 5.91 Å². The van der Waals surface area contributed by atoms with Crippen molar-refractivity contribution in [2.45, 2.75) is 18.8 Å². The number of nitrogens with zero attached hydrogens (tertiary/aromatic N) is 2. The average molecular weight is 312 g/mol. The fraction of sp³-hybridized carbons (Fsp3) is 0.500. The zero-order valence-electron chi connectivity index (χ0n) is 10.5. The predicted molar refractivity (Wildman–Crippen MR) is 59.3 cm³/mol. The van der Waals surface area contributed by atoms with E-state index in [0.29, 0.717) is 6.07 Å². The van der Waals surface area contributed by atoms with Crippen molar-refractivity contribution < 1.29 is 31.1 Å². The summed E-state index contributed by atoms with van der Waals surface area (Å²) >= 11 is 0. The summed E-state index contributed by atoms with van der Waals surface area (Å²) < 4.78 is 74.6. The summed E-state index contributed by atoms with van der Waals surface area (Å²) in [5.41, 5.74) is -1.97. The lowest BCUT2D eigenvalue weighted by atomic mass is 9.95. The molecule has 0 N–H and O–H groups in total. The minimum atomic E-state index is -4.74. The second-order valence-electron chi connectivity index (χ2n) is 4.79. The molecule has 0 aliphatic carbocycles. The first-order chi connectivity index (χ1) is 9.58. The topological polar surface area (TPSA) is 33.2 Å². The van der Waals surface area contributed by atoms with Crippen molar-refractivity contribution in [1.29, 1.82) is 0 Å². The summed E-state index contributed by atoms with van der Waals surface area (Å²) in [6.07, 6.45) is -9.10. The molecule has 9 heteroatoms. The summed E-state index contributed by atoms with van der Waals surface area (Å²) in [6, 6.07) is 1.76. The Bertz CT molecular complexity index is 533. The summed E-state index contributed by atoms with van der Waals surface area (Å²) in [6.45, 7) is -0.432. The average Bonchev–Trinajstić information content (AvgIpc) is 2.30. The summed E-state index contributed by atoms with van der Waals surface area (Å²) in [7, 11) is 0. The minimum Gasteiger partial charge on any atom is -0.337 e. The first kappa shape index (κ1) is 15.6. The van der Waals surface area contributed by atoms with Gasteiger partial charge in [-0.3, -0.25) is 9.78 Å². The minimum absolute atomic E-state index is 0.216. The SMILES string of the molecule is O=C(c1ncccc1C(F)(F)F)N1CC(CC(F)(F)F)C1. The molecule has 1 saturated heterocycles. The van der Waals surface area contributed by atoms with E-state index in [0.717, 1.165) is 17.2 Å². The number of rotatable bonds is 2. The lowest BCUT2D eigenvalue weighted by Crippen LogP contribution is -2.51. The molecule has 0 radical (unpaired) electrons. The molecule has 0 bridgehead atoms. The highest BCUT2D eigenvalue weighted by Crippen LogP contribution is 2.34. The molecule has 0 unspecified atom stereocenters. The molecule has 116 valence electrons. The Morgan fingerprint density at radius 3 is 2.38 bits per heavy atom. The molecule has 2 rings (SSSR count). The van der Waals surface area contributed by atoms with Crippen LogP contribution in [-0.4, -0.2) is 35.1 Å². The lowest BCUT2D eigenvalue weighted by Gasteiger charge is -2.39. The van der Waals surface area contributed by atoms with Crippen LogP contribution in [0.1, 0.15) is 22.5 Å². The molecular weight excluding hydrogens is 302 g/mol. The van der Waals surface area contributed by atoms with Crippen LogP contribution in [0.15, 0.2) is 18.3 Å². The summed E-state index contributed by atoms with van der Waals surface area (Å²) in [5, 5.41) is 0. The smallest absolute Gasteiger partial charge is 0.337 e. The highest BCUT2D eigenvalue weighted by Gasteiger charge is 2.42. The molecular formula is C12H10F6N2O. The molecule has 0 spiro atoms. The predicted octanol–water partition coefficient (Wildman–Crippen LogP) is 3.12. The fourth-order valence-corrected chi connectivity index (χ4v) is 2.15. The maximum Gasteiger partial charge on any atom is 0.418 e. The van der Waals surface area contributed by atoms with Gasteiger partial charge in [0.1, 0.15) is 5.69 Å². The second-order valence-corrected chi connectivity index (χ2v) is 4.79. The van der Waals surface area contributed by atoms with Crippen molar-refractivity contribution in [1.82, 2.24) is 9.88 Å². The van der Waals surface area contributed by atoms with Crippen LogP contribution in [0.2, 0.25) is 0 Å². The number of likely N-dealkylation sites (tertiary alicyclic amines) is 1. The number of amides is 1. The van der Waals surface area contributed by atoms with Gasteiger partial charge >= 0.3 is 12.4 Å². The standard InChI is InChI=1S/C12H10F6N2O/c13-11(14,15)4-7-5-20(6-7)10(21)9-8(12(16,17)18)2-1-3-19-9/h1-3,7H,4-6H2. The Kier molecular flexibility index (Phi) is 3.85. The van der Waals surface area contributed by atoms with Crippen LogP contribution in [0.3, 0.4) is 0 Å². The first-order valence-corrected chi connectivity index (χ1v) is 5.96. The Balaban J connectivity index is 2.07. The van der Waals surface area contributed by atoms with Gasteiger partial charge in [0.15, 0.2) is 0 Å². The number of carbonyl (C=O) groups excluding carboxylic acids is 1. The molecule has 0 atom stereocenters. The van der Waals surface area contributed by atoms with Gasteiger partial charge in [0.05, 0.1) is 5.56 Å².